The quantitative estimate of drug-likeness (QED) is 0.641. The molecule has 0 saturated carbocycles. The van der Waals surface area contributed by atoms with E-state index in [1.807, 2.05) is 19.9 Å². The summed E-state index contributed by atoms with van der Waals surface area (Å²) in [5.41, 5.74) is 3.01. The molecule has 1 heterocycles. The molecule has 0 spiro atoms. The Hall–Kier alpha value is -1.43. The molecule has 0 aromatic heterocycles. The number of rotatable bonds is 5. The van der Waals surface area contributed by atoms with E-state index in [1.165, 1.54) is 5.56 Å². The van der Waals surface area contributed by atoms with Gasteiger partial charge < -0.3 is 4.90 Å². The molecule has 5 nitrogen and oxygen atoms in total. The van der Waals surface area contributed by atoms with Crippen molar-refractivity contribution in [1.29, 1.82) is 0 Å². The van der Waals surface area contributed by atoms with Crippen LogP contribution in [0.25, 0.3) is 0 Å². The average Bonchev–Trinajstić information content (AvgIpc) is 2.56. The number of hydroxylamine groups is 1. The Labute approximate surface area is 127 Å². The average molecular weight is 293 g/mol. The van der Waals surface area contributed by atoms with Gasteiger partial charge in [-0.3, -0.25) is 14.9 Å². The lowest BCUT2D eigenvalue weighted by Gasteiger charge is -2.34. The highest BCUT2D eigenvalue weighted by Crippen LogP contribution is 2.08. The maximum absolute atomic E-state index is 11.0. The number of benzene rings is 1. The smallest absolute Gasteiger partial charge is 0.244 e. The second kappa shape index (κ2) is 10.3. The summed E-state index contributed by atoms with van der Waals surface area (Å²) in [6.07, 6.45) is 0.356. The molecule has 1 amide bonds. The van der Waals surface area contributed by atoms with Crippen molar-refractivity contribution in [3.05, 3.63) is 35.9 Å². The monoisotopic (exact) mass is 293 g/mol. The minimum Gasteiger partial charge on any atom is -0.300 e. The van der Waals surface area contributed by atoms with Gasteiger partial charge in [-0.05, 0) is 5.56 Å². The van der Waals surface area contributed by atoms with Gasteiger partial charge in [0.15, 0.2) is 0 Å². The van der Waals surface area contributed by atoms with Crippen LogP contribution >= 0.6 is 0 Å². The Kier molecular flexibility index (Phi) is 8.66. The van der Waals surface area contributed by atoms with Crippen molar-refractivity contribution in [3.63, 3.8) is 0 Å². The van der Waals surface area contributed by atoms with Crippen molar-refractivity contribution in [1.82, 2.24) is 15.3 Å². The van der Waals surface area contributed by atoms with Gasteiger partial charge in [0.1, 0.15) is 0 Å². The molecule has 0 radical (unpaired) electrons. The number of carbonyl (C=O) groups is 1. The molecule has 1 aromatic carbocycles. The summed E-state index contributed by atoms with van der Waals surface area (Å²) in [6, 6.07) is 10.5. The van der Waals surface area contributed by atoms with Crippen LogP contribution in [0, 0.1) is 0 Å². The number of carbonyl (C=O) groups excluding carboxylic acids is 1. The molecule has 0 unspecified atom stereocenters. The highest BCUT2D eigenvalue weighted by atomic mass is 16.5. The van der Waals surface area contributed by atoms with E-state index < -0.39 is 0 Å². The van der Waals surface area contributed by atoms with Crippen LogP contribution in [0.15, 0.2) is 30.3 Å². The van der Waals surface area contributed by atoms with E-state index in [0.717, 1.165) is 32.7 Å². The Morgan fingerprint density at radius 3 is 2.24 bits per heavy atom. The lowest BCUT2D eigenvalue weighted by Crippen LogP contribution is -2.46. The number of amides is 1. The van der Waals surface area contributed by atoms with Crippen LogP contribution in [-0.2, 0) is 11.3 Å². The van der Waals surface area contributed by atoms with Crippen LogP contribution in [0.5, 0.6) is 0 Å². The van der Waals surface area contributed by atoms with E-state index in [1.54, 1.807) is 5.48 Å². The molecule has 0 bridgehead atoms. The van der Waals surface area contributed by atoms with Gasteiger partial charge >= 0.3 is 0 Å². The first-order chi connectivity index (χ1) is 10.3. The van der Waals surface area contributed by atoms with Crippen LogP contribution < -0.4 is 5.48 Å². The summed E-state index contributed by atoms with van der Waals surface area (Å²) in [6.45, 7) is 9.71. The summed E-state index contributed by atoms with van der Waals surface area (Å²) in [7, 11) is 0. The molecule has 1 aromatic rings. The first-order valence-corrected chi connectivity index (χ1v) is 7.69. The molecule has 2 N–H and O–H groups in total. The number of piperazine rings is 1. The van der Waals surface area contributed by atoms with Crippen LogP contribution in [0.3, 0.4) is 0 Å². The number of hydrogen-bond donors (Lipinski definition) is 2. The SMILES string of the molecule is CC.O=C(CCN1CCN(Cc2ccccc2)CC1)NO. The molecule has 1 saturated heterocycles. The summed E-state index contributed by atoms with van der Waals surface area (Å²) >= 11 is 0. The van der Waals surface area contributed by atoms with Crippen molar-refractivity contribution in [2.45, 2.75) is 26.8 Å². The first kappa shape index (κ1) is 17.6. The van der Waals surface area contributed by atoms with Crippen molar-refractivity contribution in [2.75, 3.05) is 32.7 Å². The fourth-order valence-electron chi connectivity index (χ4n) is 2.33. The highest BCUT2D eigenvalue weighted by molar-refractivity contribution is 5.74. The summed E-state index contributed by atoms with van der Waals surface area (Å²) < 4.78 is 0. The third kappa shape index (κ3) is 6.71. The molecule has 1 fully saturated rings. The number of nitrogens with zero attached hydrogens (tertiary/aromatic N) is 2. The van der Waals surface area contributed by atoms with Crippen LogP contribution in [0.2, 0.25) is 0 Å². The molecule has 1 aliphatic heterocycles. The van der Waals surface area contributed by atoms with Gasteiger partial charge in [-0.1, -0.05) is 44.2 Å². The van der Waals surface area contributed by atoms with Gasteiger partial charge in [-0.15, -0.1) is 0 Å². The zero-order valence-corrected chi connectivity index (χ0v) is 13.1. The van der Waals surface area contributed by atoms with Gasteiger partial charge in [0.2, 0.25) is 5.91 Å². The standard InChI is InChI=1S/C14H21N3O2.C2H6/c18-14(15-19)6-7-16-8-10-17(11-9-16)12-13-4-2-1-3-5-13;1-2/h1-5,19H,6-12H2,(H,15,18);1-2H3. The topological polar surface area (TPSA) is 55.8 Å². The normalized spacial score (nSPS) is 16.0. The first-order valence-electron chi connectivity index (χ1n) is 7.69. The lowest BCUT2D eigenvalue weighted by atomic mass is 10.2. The fraction of sp³-hybridized carbons (Fsp3) is 0.562. The minimum absolute atomic E-state index is 0.313. The van der Waals surface area contributed by atoms with E-state index in [-0.39, 0.29) is 5.91 Å². The molecular formula is C16H27N3O2. The maximum Gasteiger partial charge on any atom is 0.244 e. The minimum atomic E-state index is -0.313. The van der Waals surface area contributed by atoms with E-state index in [9.17, 15) is 4.79 Å². The molecule has 2 rings (SSSR count). The van der Waals surface area contributed by atoms with Crippen molar-refractivity contribution < 1.29 is 10.0 Å². The zero-order valence-electron chi connectivity index (χ0n) is 13.1. The van der Waals surface area contributed by atoms with Crippen LogP contribution in [0.4, 0.5) is 0 Å². The number of hydrogen-bond acceptors (Lipinski definition) is 4. The predicted molar refractivity (Wildman–Crippen MR) is 84.1 cm³/mol. The Bertz CT molecular complexity index is 390. The van der Waals surface area contributed by atoms with Crippen molar-refractivity contribution in [3.8, 4) is 0 Å². The van der Waals surface area contributed by atoms with Crippen LogP contribution in [-0.4, -0.2) is 53.6 Å². The van der Waals surface area contributed by atoms with E-state index in [2.05, 4.69) is 34.1 Å². The Balaban J connectivity index is 0.00000106. The van der Waals surface area contributed by atoms with Gasteiger partial charge in [0.05, 0.1) is 0 Å². The second-order valence-corrected chi connectivity index (χ2v) is 4.89. The number of nitrogens with one attached hydrogen (secondary N) is 1. The van der Waals surface area contributed by atoms with Crippen LogP contribution in [0.1, 0.15) is 25.8 Å². The third-order valence-corrected chi connectivity index (χ3v) is 3.49. The Morgan fingerprint density at radius 1 is 1.10 bits per heavy atom. The summed E-state index contributed by atoms with van der Waals surface area (Å²) in [4.78, 5) is 15.7. The third-order valence-electron chi connectivity index (χ3n) is 3.49. The molecule has 1 aliphatic rings. The van der Waals surface area contributed by atoms with Crippen molar-refractivity contribution >= 4 is 5.91 Å². The molecular weight excluding hydrogens is 266 g/mol. The second-order valence-electron chi connectivity index (χ2n) is 4.89. The molecule has 5 heteroatoms. The maximum atomic E-state index is 11.0. The largest absolute Gasteiger partial charge is 0.300 e. The van der Waals surface area contributed by atoms with Gasteiger partial charge in [0.25, 0.3) is 0 Å². The fourth-order valence-corrected chi connectivity index (χ4v) is 2.33. The van der Waals surface area contributed by atoms with Gasteiger partial charge in [-0.25, -0.2) is 5.48 Å². The van der Waals surface area contributed by atoms with E-state index >= 15 is 0 Å². The van der Waals surface area contributed by atoms with E-state index in [4.69, 9.17) is 5.21 Å². The van der Waals surface area contributed by atoms with Gasteiger partial charge in [-0.2, -0.15) is 0 Å². The summed E-state index contributed by atoms with van der Waals surface area (Å²) in [5, 5.41) is 8.44. The highest BCUT2D eigenvalue weighted by Gasteiger charge is 2.17. The van der Waals surface area contributed by atoms with Crippen molar-refractivity contribution in [2.24, 2.45) is 0 Å². The lowest BCUT2D eigenvalue weighted by molar-refractivity contribution is -0.129. The molecule has 0 aliphatic carbocycles. The zero-order chi connectivity index (χ0) is 15.5. The van der Waals surface area contributed by atoms with E-state index in [0.29, 0.717) is 13.0 Å². The molecule has 21 heavy (non-hydrogen) atoms. The molecule has 118 valence electrons. The van der Waals surface area contributed by atoms with Gasteiger partial charge in [0, 0.05) is 45.7 Å². The Morgan fingerprint density at radius 2 is 1.67 bits per heavy atom. The summed E-state index contributed by atoms with van der Waals surface area (Å²) in [5.74, 6) is -0.313. The predicted octanol–water partition coefficient (Wildman–Crippen LogP) is 1.73. The molecule has 0 atom stereocenters.